The quantitative estimate of drug-likeness (QED) is 0.594. The van der Waals surface area contributed by atoms with Crippen LogP contribution in [0, 0.1) is 0 Å². The van der Waals surface area contributed by atoms with Crippen LogP contribution in [0.1, 0.15) is 6.42 Å². The Balaban J connectivity index is 2.55. The van der Waals surface area contributed by atoms with E-state index >= 15 is 0 Å². The molecule has 1 rings (SSSR count). The van der Waals surface area contributed by atoms with E-state index in [2.05, 4.69) is 26.9 Å². The first-order valence-electron chi connectivity index (χ1n) is 4.70. The molecule has 0 saturated carbocycles. The van der Waals surface area contributed by atoms with Crippen molar-refractivity contribution in [2.24, 2.45) is 0 Å². The van der Waals surface area contributed by atoms with Crippen molar-refractivity contribution in [2.75, 3.05) is 30.9 Å². The highest BCUT2D eigenvalue weighted by atomic mass is 79.9. The number of nitrogens with zero attached hydrogens (tertiary/aromatic N) is 1. The zero-order chi connectivity index (χ0) is 10.4. The molecule has 0 amide bonds. The second kappa shape index (κ2) is 5.91. The van der Waals surface area contributed by atoms with Crippen molar-refractivity contribution in [3.05, 3.63) is 24.3 Å². The Labute approximate surface area is 94.0 Å². The summed E-state index contributed by atoms with van der Waals surface area (Å²) in [7, 11) is 4.05. The van der Waals surface area contributed by atoms with E-state index in [1.807, 2.05) is 32.3 Å². The number of hydrogen-bond acceptors (Lipinski definition) is 2. The third kappa shape index (κ3) is 3.58. The maximum absolute atomic E-state index is 5.58. The van der Waals surface area contributed by atoms with Gasteiger partial charge in [0.15, 0.2) is 0 Å². The lowest BCUT2D eigenvalue weighted by Crippen LogP contribution is -2.08. The van der Waals surface area contributed by atoms with Gasteiger partial charge in [-0.15, -0.1) is 0 Å². The molecular formula is C11H16BrNO. The molecule has 0 heterocycles. The van der Waals surface area contributed by atoms with Crippen LogP contribution in [0.25, 0.3) is 0 Å². The number of rotatable bonds is 5. The first-order chi connectivity index (χ1) is 6.74. The van der Waals surface area contributed by atoms with Gasteiger partial charge >= 0.3 is 0 Å². The van der Waals surface area contributed by atoms with Crippen LogP contribution >= 0.6 is 15.9 Å². The monoisotopic (exact) mass is 257 g/mol. The van der Waals surface area contributed by atoms with Gasteiger partial charge in [-0.2, -0.15) is 0 Å². The molecule has 0 saturated heterocycles. The van der Waals surface area contributed by atoms with E-state index < -0.39 is 0 Å². The molecule has 3 heteroatoms. The van der Waals surface area contributed by atoms with E-state index in [4.69, 9.17) is 4.74 Å². The summed E-state index contributed by atoms with van der Waals surface area (Å²) in [5.74, 6) is 0.942. The van der Waals surface area contributed by atoms with Gasteiger partial charge in [-0.3, -0.25) is 0 Å². The summed E-state index contributed by atoms with van der Waals surface area (Å²) in [6.07, 6.45) is 1.03. The number of benzene rings is 1. The SMILES string of the molecule is CN(C)c1cccc(OCCCBr)c1. The van der Waals surface area contributed by atoms with Gasteiger partial charge in [0.25, 0.3) is 0 Å². The van der Waals surface area contributed by atoms with Gasteiger partial charge in [-0.05, 0) is 18.6 Å². The van der Waals surface area contributed by atoms with E-state index in [-0.39, 0.29) is 0 Å². The minimum Gasteiger partial charge on any atom is -0.493 e. The Morgan fingerprint density at radius 1 is 1.36 bits per heavy atom. The second-order valence-electron chi connectivity index (χ2n) is 3.28. The summed E-state index contributed by atoms with van der Waals surface area (Å²) in [5, 5.41) is 0.986. The molecule has 0 fully saturated rings. The average Bonchev–Trinajstić information content (AvgIpc) is 2.19. The molecule has 1 aromatic carbocycles. The minimum absolute atomic E-state index is 0.766. The number of anilines is 1. The fourth-order valence-corrected chi connectivity index (χ4v) is 1.32. The van der Waals surface area contributed by atoms with Crippen LogP contribution < -0.4 is 9.64 Å². The molecule has 0 radical (unpaired) electrons. The molecule has 0 aromatic heterocycles. The Morgan fingerprint density at radius 3 is 2.79 bits per heavy atom. The van der Waals surface area contributed by atoms with Gasteiger partial charge in [0, 0.05) is 31.2 Å². The molecule has 0 unspecified atom stereocenters. The van der Waals surface area contributed by atoms with Gasteiger partial charge in [-0.25, -0.2) is 0 Å². The van der Waals surface area contributed by atoms with Crippen LogP contribution in [0.15, 0.2) is 24.3 Å². The van der Waals surface area contributed by atoms with Crippen molar-refractivity contribution in [1.82, 2.24) is 0 Å². The molecule has 2 nitrogen and oxygen atoms in total. The summed E-state index contributed by atoms with van der Waals surface area (Å²) in [6, 6.07) is 8.12. The summed E-state index contributed by atoms with van der Waals surface area (Å²) in [5.41, 5.74) is 1.17. The zero-order valence-corrected chi connectivity index (χ0v) is 10.3. The minimum atomic E-state index is 0.766. The molecule has 0 bridgehead atoms. The van der Waals surface area contributed by atoms with Gasteiger partial charge in [-0.1, -0.05) is 22.0 Å². The lowest BCUT2D eigenvalue weighted by molar-refractivity contribution is 0.319. The standard InChI is InChI=1S/C11H16BrNO/c1-13(2)10-5-3-6-11(9-10)14-8-4-7-12/h3,5-6,9H,4,7-8H2,1-2H3. The highest BCUT2D eigenvalue weighted by molar-refractivity contribution is 9.09. The number of alkyl halides is 1. The van der Waals surface area contributed by atoms with Crippen molar-refractivity contribution in [3.8, 4) is 5.75 Å². The molecule has 1 aromatic rings. The van der Waals surface area contributed by atoms with E-state index in [1.54, 1.807) is 0 Å². The Bertz CT molecular complexity index is 276. The lowest BCUT2D eigenvalue weighted by atomic mass is 10.3. The van der Waals surface area contributed by atoms with Crippen molar-refractivity contribution < 1.29 is 4.74 Å². The van der Waals surface area contributed by atoms with E-state index in [0.29, 0.717) is 0 Å². The molecule has 78 valence electrons. The topological polar surface area (TPSA) is 12.5 Å². The van der Waals surface area contributed by atoms with Crippen LogP contribution in [-0.2, 0) is 0 Å². The van der Waals surface area contributed by atoms with E-state index in [9.17, 15) is 0 Å². The fourth-order valence-electron chi connectivity index (χ4n) is 1.10. The first kappa shape index (κ1) is 11.4. The van der Waals surface area contributed by atoms with Gasteiger partial charge in [0.2, 0.25) is 0 Å². The highest BCUT2D eigenvalue weighted by Crippen LogP contribution is 2.19. The summed E-state index contributed by atoms with van der Waals surface area (Å²) >= 11 is 3.37. The van der Waals surface area contributed by atoms with Gasteiger partial charge in [0.1, 0.15) is 5.75 Å². The van der Waals surface area contributed by atoms with Crippen LogP contribution in [-0.4, -0.2) is 26.0 Å². The predicted molar refractivity (Wildman–Crippen MR) is 64.7 cm³/mol. The Morgan fingerprint density at radius 2 is 2.14 bits per heavy atom. The molecule has 14 heavy (non-hydrogen) atoms. The molecule has 0 atom stereocenters. The number of halogens is 1. The van der Waals surface area contributed by atoms with Gasteiger partial charge in [0.05, 0.1) is 6.61 Å². The van der Waals surface area contributed by atoms with Gasteiger partial charge < -0.3 is 9.64 Å². The van der Waals surface area contributed by atoms with Crippen LogP contribution in [0.2, 0.25) is 0 Å². The van der Waals surface area contributed by atoms with Crippen LogP contribution in [0.5, 0.6) is 5.75 Å². The summed E-state index contributed by atoms with van der Waals surface area (Å²) in [4.78, 5) is 2.07. The average molecular weight is 258 g/mol. The third-order valence-corrected chi connectivity index (χ3v) is 2.44. The Kier molecular flexibility index (Phi) is 4.80. The van der Waals surface area contributed by atoms with Crippen molar-refractivity contribution >= 4 is 21.6 Å². The first-order valence-corrected chi connectivity index (χ1v) is 5.82. The van der Waals surface area contributed by atoms with Crippen molar-refractivity contribution in [1.29, 1.82) is 0 Å². The maximum atomic E-state index is 5.58. The number of ether oxygens (including phenoxy) is 1. The molecule has 0 aliphatic heterocycles. The Hall–Kier alpha value is -0.700. The molecular weight excluding hydrogens is 242 g/mol. The zero-order valence-electron chi connectivity index (χ0n) is 8.66. The highest BCUT2D eigenvalue weighted by Gasteiger charge is 1.97. The van der Waals surface area contributed by atoms with Crippen LogP contribution in [0.3, 0.4) is 0 Å². The summed E-state index contributed by atoms with van der Waals surface area (Å²) in [6.45, 7) is 0.766. The third-order valence-electron chi connectivity index (χ3n) is 1.88. The smallest absolute Gasteiger partial charge is 0.121 e. The molecule has 0 aliphatic carbocycles. The molecule has 0 spiro atoms. The molecule has 0 N–H and O–H groups in total. The maximum Gasteiger partial charge on any atom is 0.121 e. The van der Waals surface area contributed by atoms with E-state index in [1.165, 1.54) is 5.69 Å². The van der Waals surface area contributed by atoms with Crippen LogP contribution in [0.4, 0.5) is 5.69 Å². The lowest BCUT2D eigenvalue weighted by Gasteiger charge is -2.13. The fraction of sp³-hybridized carbons (Fsp3) is 0.455. The van der Waals surface area contributed by atoms with E-state index in [0.717, 1.165) is 24.1 Å². The van der Waals surface area contributed by atoms with Crippen molar-refractivity contribution in [3.63, 3.8) is 0 Å². The predicted octanol–water partition coefficient (Wildman–Crippen LogP) is 2.92. The molecule has 0 aliphatic rings. The summed E-state index contributed by atoms with van der Waals surface area (Å²) < 4.78 is 5.58. The number of hydrogen-bond donors (Lipinski definition) is 0. The largest absolute Gasteiger partial charge is 0.493 e. The van der Waals surface area contributed by atoms with Crippen molar-refractivity contribution in [2.45, 2.75) is 6.42 Å². The normalized spacial score (nSPS) is 9.93. The second-order valence-corrected chi connectivity index (χ2v) is 4.08.